The van der Waals surface area contributed by atoms with Gasteiger partial charge in [-0.15, -0.1) is 0 Å². The van der Waals surface area contributed by atoms with Gasteiger partial charge >= 0.3 is 0 Å². The molecule has 1 aromatic heterocycles. The number of hydrogen-bond donors (Lipinski definition) is 2. The normalized spacial score (nSPS) is 14.9. The number of imidazole rings is 1. The topological polar surface area (TPSA) is 62.2 Å². The summed E-state index contributed by atoms with van der Waals surface area (Å²) >= 11 is 0. The molecule has 2 N–H and O–H groups in total. The maximum atomic E-state index is 11.7. The minimum Gasteiger partial charge on any atom is -0.356 e. The molecule has 1 saturated heterocycles. The lowest BCUT2D eigenvalue weighted by molar-refractivity contribution is -0.126. The number of nitrogens with one attached hydrogen (secondary N) is 2. The number of rotatable bonds is 7. The van der Waals surface area contributed by atoms with Crippen LogP contribution in [0.5, 0.6) is 0 Å². The van der Waals surface area contributed by atoms with Crippen LogP contribution in [-0.2, 0) is 11.3 Å². The molecule has 26 heavy (non-hydrogen) atoms. The third kappa shape index (κ3) is 12.0. The zero-order valence-corrected chi connectivity index (χ0v) is 17.8. The third-order valence-corrected chi connectivity index (χ3v) is 4.13. The molecular formula is C20H41N5O. The van der Waals surface area contributed by atoms with Crippen LogP contribution in [0.2, 0.25) is 0 Å². The number of likely N-dealkylation sites (N-methyl/N-ethyl adjacent to an activating group) is 1. The second-order valence-corrected chi connectivity index (χ2v) is 6.87. The highest BCUT2D eigenvalue weighted by Gasteiger charge is 2.22. The molecule has 0 aliphatic carbocycles. The summed E-state index contributed by atoms with van der Waals surface area (Å²) < 4.78 is 2.06. The van der Waals surface area contributed by atoms with Crippen LogP contribution in [0.3, 0.4) is 0 Å². The number of aromatic nitrogens is 2. The van der Waals surface area contributed by atoms with E-state index in [0.717, 1.165) is 52.1 Å². The lowest BCUT2D eigenvalue weighted by atomic mass is 9.96. The van der Waals surface area contributed by atoms with Crippen molar-refractivity contribution in [3.63, 3.8) is 0 Å². The molecule has 6 heteroatoms. The molecule has 0 bridgehead atoms. The Morgan fingerprint density at radius 2 is 1.92 bits per heavy atom. The lowest BCUT2D eigenvalue weighted by Gasteiger charge is -2.28. The Hall–Kier alpha value is -1.40. The van der Waals surface area contributed by atoms with Gasteiger partial charge in [0.1, 0.15) is 0 Å². The summed E-state index contributed by atoms with van der Waals surface area (Å²) in [7, 11) is 2.11. The summed E-state index contributed by atoms with van der Waals surface area (Å²) in [5, 5.41) is 6.25. The molecular weight excluding hydrogens is 326 g/mol. The molecule has 2 heterocycles. The van der Waals surface area contributed by atoms with Gasteiger partial charge in [-0.05, 0) is 45.4 Å². The van der Waals surface area contributed by atoms with E-state index in [9.17, 15) is 4.79 Å². The summed E-state index contributed by atoms with van der Waals surface area (Å²) in [6, 6.07) is 0. The molecule has 6 nitrogen and oxygen atoms in total. The standard InChI is InChI=1S/C11H22N2O.C7H13N3.C2H6/c1-9(2)8-12-11(14)10-4-6-13(3)7-5-10;1-2-8-3-5-10-6-4-9-7-10;1-2/h9-10H,4-8H2,1-3H3,(H,12,14);4,6-8H,2-3,5H2,1H3;1-2H3. The zero-order chi connectivity index (χ0) is 19.8. The van der Waals surface area contributed by atoms with Gasteiger partial charge in [-0.1, -0.05) is 34.6 Å². The molecule has 1 fully saturated rings. The van der Waals surface area contributed by atoms with Crippen LogP contribution in [0.15, 0.2) is 18.7 Å². The van der Waals surface area contributed by atoms with Crippen molar-refractivity contribution in [2.45, 2.75) is 54.0 Å². The Kier molecular flexibility index (Phi) is 15.0. The summed E-state index contributed by atoms with van der Waals surface area (Å²) in [5.41, 5.74) is 0. The van der Waals surface area contributed by atoms with Crippen LogP contribution in [0.25, 0.3) is 0 Å². The number of carbonyl (C=O) groups is 1. The average molecular weight is 368 g/mol. The van der Waals surface area contributed by atoms with Gasteiger partial charge in [0.2, 0.25) is 5.91 Å². The van der Waals surface area contributed by atoms with Crippen molar-refractivity contribution in [1.82, 2.24) is 25.1 Å². The fraction of sp³-hybridized carbons (Fsp3) is 0.800. The highest BCUT2D eigenvalue weighted by molar-refractivity contribution is 5.78. The van der Waals surface area contributed by atoms with Crippen molar-refractivity contribution in [2.75, 3.05) is 39.8 Å². The molecule has 0 radical (unpaired) electrons. The number of likely N-dealkylation sites (tertiary alicyclic amines) is 1. The van der Waals surface area contributed by atoms with Gasteiger partial charge in [0.05, 0.1) is 6.33 Å². The molecule has 1 aliphatic heterocycles. The van der Waals surface area contributed by atoms with Crippen LogP contribution >= 0.6 is 0 Å². The maximum absolute atomic E-state index is 11.7. The first-order chi connectivity index (χ1) is 12.5. The predicted molar refractivity (Wildman–Crippen MR) is 110 cm³/mol. The first-order valence-corrected chi connectivity index (χ1v) is 10.2. The number of amides is 1. The van der Waals surface area contributed by atoms with Gasteiger partial charge in [0.15, 0.2) is 0 Å². The van der Waals surface area contributed by atoms with E-state index >= 15 is 0 Å². The lowest BCUT2D eigenvalue weighted by Crippen LogP contribution is -2.39. The quantitative estimate of drug-likeness (QED) is 0.727. The monoisotopic (exact) mass is 367 g/mol. The largest absolute Gasteiger partial charge is 0.356 e. The fourth-order valence-corrected chi connectivity index (χ4v) is 2.52. The molecule has 2 rings (SSSR count). The van der Waals surface area contributed by atoms with Crippen molar-refractivity contribution in [2.24, 2.45) is 11.8 Å². The summed E-state index contributed by atoms with van der Waals surface area (Å²) in [6.45, 7) is 16.3. The summed E-state index contributed by atoms with van der Waals surface area (Å²) in [4.78, 5) is 17.9. The van der Waals surface area contributed by atoms with Crippen LogP contribution in [0.4, 0.5) is 0 Å². The first kappa shape index (κ1) is 24.6. The fourth-order valence-electron chi connectivity index (χ4n) is 2.52. The Labute approximate surface area is 160 Å². The predicted octanol–water partition coefficient (Wildman–Crippen LogP) is 2.62. The van der Waals surface area contributed by atoms with Crippen LogP contribution in [-0.4, -0.2) is 60.1 Å². The van der Waals surface area contributed by atoms with Crippen molar-refractivity contribution >= 4 is 5.91 Å². The number of nitrogens with zero attached hydrogens (tertiary/aromatic N) is 3. The highest BCUT2D eigenvalue weighted by atomic mass is 16.1. The highest BCUT2D eigenvalue weighted by Crippen LogP contribution is 2.15. The minimum absolute atomic E-state index is 0.255. The number of carbonyl (C=O) groups excluding carboxylic acids is 1. The van der Waals surface area contributed by atoms with E-state index in [-0.39, 0.29) is 11.8 Å². The zero-order valence-electron chi connectivity index (χ0n) is 17.8. The SMILES string of the molecule is CC.CC(C)CNC(=O)C1CCN(C)CC1.CCNCCn1ccnc1. The van der Waals surface area contributed by atoms with Gasteiger partial charge in [-0.3, -0.25) is 4.79 Å². The molecule has 0 saturated carbocycles. The molecule has 1 aromatic rings. The molecule has 0 spiro atoms. The van der Waals surface area contributed by atoms with E-state index in [1.165, 1.54) is 0 Å². The average Bonchev–Trinajstić information content (AvgIpc) is 3.16. The van der Waals surface area contributed by atoms with Gasteiger partial charge in [-0.25, -0.2) is 4.98 Å². The van der Waals surface area contributed by atoms with E-state index < -0.39 is 0 Å². The van der Waals surface area contributed by atoms with Crippen molar-refractivity contribution in [3.05, 3.63) is 18.7 Å². The van der Waals surface area contributed by atoms with E-state index in [1.807, 2.05) is 26.4 Å². The van der Waals surface area contributed by atoms with Crippen LogP contribution in [0, 0.1) is 11.8 Å². The molecule has 0 unspecified atom stereocenters. The number of piperidine rings is 1. The maximum Gasteiger partial charge on any atom is 0.223 e. The van der Waals surface area contributed by atoms with Gasteiger partial charge in [0, 0.05) is 37.9 Å². The van der Waals surface area contributed by atoms with E-state index in [0.29, 0.717) is 5.92 Å². The molecule has 0 atom stereocenters. The first-order valence-electron chi connectivity index (χ1n) is 10.2. The van der Waals surface area contributed by atoms with Gasteiger partial charge in [0.25, 0.3) is 0 Å². The third-order valence-electron chi connectivity index (χ3n) is 4.13. The molecule has 1 amide bonds. The van der Waals surface area contributed by atoms with Crippen molar-refractivity contribution in [3.8, 4) is 0 Å². The van der Waals surface area contributed by atoms with Gasteiger partial charge in [-0.2, -0.15) is 0 Å². The molecule has 152 valence electrons. The Morgan fingerprint density at radius 3 is 2.42 bits per heavy atom. The Morgan fingerprint density at radius 1 is 1.27 bits per heavy atom. The van der Waals surface area contributed by atoms with Crippen LogP contribution < -0.4 is 10.6 Å². The van der Waals surface area contributed by atoms with E-state index in [2.05, 4.69) is 52.9 Å². The smallest absolute Gasteiger partial charge is 0.223 e. The van der Waals surface area contributed by atoms with E-state index in [4.69, 9.17) is 0 Å². The second kappa shape index (κ2) is 15.8. The summed E-state index contributed by atoms with van der Waals surface area (Å²) in [6.07, 6.45) is 7.63. The van der Waals surface area contributed by atoms with Gasteiger partial charge < -0.3 is 20.1 Å². The Bertz CT molecular complexity index is 425. The molecule has 0 aromatic carbocycles. The van der Waals surface area contributed by atoms with Crippen molar-refractivity contribution in [1.29, 1.82) is 0 Å². The van der Waals surface area contributed by atoms with Crippen LogP contribution in [0.1, 0.15) is 47.5 Å². The Balaban J connectivity index is 0.000000458. The molecule has 1 aliphatic rings. The van der Waals surface area contributed by atoms with Crippen molar-refractivity contribution < 1.29 is 4.79 Å². The second-order valence-electron chi connectivity index (χ2n) is 6.87. The summed E-state index contributed by atoms with van der Waals surface area (Å²) in [5.74, 6) is 1.06. The minimum atomic E-state index is 0.255. The van der Waals surface area contributed by atoms with E-state index in [1.54, 1.807) is 6.20 Å². The number of hydrogen-bond acceptors (Lipinski definition) is 4.